The number of aliphatic hydroxyl groups is 1. The van der Waals surface area contributed by atoms with Crippen LogP contribution >= 0.6 is 0 Å². The summed E-state index contributed by atoms with van der Waals surface area (Å²) in [4.78, 5) is 11.7. The van der Waals surface area contributed by atoms with Crippen molar-refractivity contribution in [3.05, 3.63) is 109 Å². The van der Waals surface area contributed by atoms with E-state index in [1.54, 1.807) is 13.4 Å². The number of nitrogens with one attached hydrogen (secondary N) is 1. The number of likely N-dealkylation sites (tertiary alicyclic amines) is 1. The Hall–Kier alpha value is -4.79. The van der Waals surface area contributed by atoms with Crippen molar-refractivity contribution in [2.75, 3.05) is 32.1 Å². The molecule has 4 aromatic carbocycles. The summed E-state index contributed by atoms with van der Waals surface area (Å²) in [5.74, 6) is 3.56. The number of piperidine rings is 1. The third-order valence-corrected chi connectivity index (χ3v) is 9.38. The fourth-order valence-electron chi connectivity index (χ4n) is 6.86. The maximum absolute atomic E-state index is 9.44. The molecular formula is C36H34N6O2. The molecule has 2 atom stereocenters. The second kappa shape index (κ2) is 11.0. The molecule has 0 spiro atoms. The molecule has 220 valence electrons. The summed E-state index contributed by atoms with van der Waals surface area (Å²) in [5.41, 5.74) is 7.69. The van der Waals surface area contributed by atoms with Crippen LogP contribution in [0.15, 0.2) is 97.5 Å². The van der Waals surface area contributed by atoms with Crippen molar-refractivity contribution in [1.82, 2.24) is 24.6 Å². The van der Waals surface area contributed by atoms with Crippen molar-refractivity contribution in [1.29, 1.82) is 0 Å². The van der Waals surface area contributed by atoms with Gasteiger partial charge in [0.2, 0.25) is 0 Å². The second-order valence-electron chi connectivity index (χ2n) is 12.1. The molecule has 44 heavy (non-hydrogen) atoms. The van der Waals surface area contributed by atoms with Gasteiger partial charge in [-0.2, -0.15) is 5.10 Å². The van der Waals surface area contributed by atoms with E-state index >= 15 is 0 Å². The molecule has 2 N–H and O–H groups in total. The molecule has 2 fully saturated rings. The lowest BCUT2D eigenvalue weighted by Crippen LogP contribution is -2.24. The Morgan fingerprint density at radius 3 is 2.36 bits per heavy atom. The van der Waals surface area contributed by atoms with E-state index in [0.717, 1.165) is 69.8 Å². The number of aliphatic hydroxyl groups excluding tert-OH is 1. The van der Waals surface area contributed by atoms with Gasteiger partial charge in [0.1, 0.15) is 17.9 Å². The van der Waals surface area contributed by atoms with E-state index in [1.807, 2.05) is 23.0 Å². The summed E-state index contributed by atoms with van der Waals surface area (Å²) >= 11 is 0. The zero-order chi connectivity index (χ0) is 29.6. The van der Waals surface area contributed by atoms with Crippen molar-refractivity contribution in [2.24, 2.45) is 17.8 Å². The lowest BCUT2D eigenvalue weighted by atomic mass is 10.0. The summed E-state index contributed by atoms with van der Waals surface area (Å²) in [7, 11) is 1.68. The molecular weight excluding hydrogens is 548 g/mol. The van der Waals surface area contributed by atoms with Gasteiger partial charge in [0.05, 0.1) is 30.9 Å². The quantitative estimate of drug-likeness (QED) is 0.212. The summed E-state index contributed by atoms with van der Waals surface area (Å²) in [6, 6.07) is 29.6. The van der Waals surface area contributed by atoms with E-state index in [2.05, 4.69) is 98.1 Å². The first-order chi connectivity index (χ1) is 21.6. The van der Waals surface area contributed by atoms with Gasteiger partial charge in [0, 0.05) is 42.7 Å². The van der Waals surface area contributed by atoms with Crippen molar-refractivity contribution >= 4 is 33.3 Å². The fourth-order valence-corrected chi connectivity index (χ4v) is 6.86. The third-order valence-electron chi connectivity index (χ3n) is 9.38. The Kier molecular flexibility index (Phi) is 6.73. The van der Waals surface area contributed by atoms with E-state index in [9.17, 15) is 5.11 Å². The normalized spacial score (nSPS) is 19.4. The molecule has 1 saturated carbocycles. The fraction of sp³-hybridized carbons (Fsp3) is 0.250. The SMILES string of the molecule is COc1ccc(Cn2ncc3cc(Nc4ncnc5ccc(-c6ccc(CN7CC8C(CO)C8C7)cc6)cc45)ccc32)cc1. The third kappa shape index (κ3) is 5.06. The van der Waals surface area contributed by atoms with Gasteiger partial charge >= 0.3 is 0 Å². The monoisotopic (exact) mass is 582 g/mol. The van der Waals surface area contributed by atoms with E-state index in [4.69, 9.17) is 4.74 Å². The van der Waals surface area contributed by atoms with Gasteiger partial charge in [-0.05, 0) is 82.5 Å². The van der Waals surface area contributed by atoms with Crippen LogP contribution in [0.2, 0.25) is 0 Å². The summed E-state index contributed by atoms with van der Waals surface area (Å²) in [5, 5.41) is 19.6. The maximum Gasteiger partial charge on any atom is 0.141 e. The molecule has 1 aliphatic heterocycles. The Morgan fingerprint density at radius 1 is 0.841 bits per heavy atom. The molecule has 8 heteroatoms. The van der Waals surface area contributed by atoms with Gasteiger partial charge in [0.25, 0.3) is 0 Å². The van der Waals surface area contributed by atoms with Crippen LogP contribution in [0.3, 0.4) is 0 Å². The molecule has 2 unspecified atom stereocenters. The Bertz CT molecular complexity index is 1940. The first kappa shape index (κ1) is 26.8. The molecule has 8 rings (SSSR count). The van der Waals surface area contributed by atoms with Crippen molar-refractivity contribution < 1.29 is 9.84 Å². The zero-order valence-electron chi connectivity index (χ0n) is 24.6. The molecule has 0 bridgehead atoms. The number of rotatable bonds is 9. The van der Waals surface area contributed by atoms with Crippen LogP contribution in [0, 0.1) is 17.8 Å². The van der Waals surface area contributed by atoms with E-state index in [0.29, 0.717) is 30.9 Å². The van der Waals surface area contributed by atoms with Gasteiger partial charge in [-0.1, -0.05) is 42.5 Å². The van der Waals surface area contributed by atoms with Crippen LogP contribution in [0.1, 0.15) is 11.1 Å². The van der Waals surface area contributed by atoms with Crippen LogP contribution in [0.5, 0.6) is 5.75 Å². The van der Waals surface area contributed by atoms with Crippen molar-refractivity contribution in [3.63, 3.8) is 0 Å². The smallest absolute Gasteiger partial charge is 0.141 e. The van der Waals surface area contributed by atoms with Gasteiger partial charge in [-0.3, -0.25) is 9.58 Å². The van der Waals surface area contributed by atoms with Crippen molar-refractivity contribution in [3.8, 4) is 16.9 Å². The van der Waals surface area contributed by atoms with Crippen molar-refractivity contribution in [2.45, 2.75) is 13.1 Å². The number of anilines is 2. The lowest BCUT2D eigenvalue weighted by Gasteiger charge is -2.19. The minimum atomic E-state index is 0.346. The lowest BCUT2D eigenvalue weighted by molar-refractivity contribution is 0.217. The first-order valence-corrected chi connectivity index (χ1v) is 15.2. The van der Waals surface area contributed by atoms with Gasteiger partial charge in [0.15, 0.2) is 0 Å². The van der Waals surface area contributed by atoms with Crippen LogP contribution in [0.4, 0.5) is 11.5 Å². The molecule has 2 aromatic heterocycles. The largest absolute Gasteiger partial charge is 0.497 e. The summed E-state index contributed by atoms with van der Waals surface area (Å²) < 4.78 is 7.29. The maximum atomic E-state index is 9.44. The number of ether oxygens (including phenoxy) is 1. The highest BCUT2D eigenvalue weighted by molar-refractivity contribution is 5.94. The van der Waals surface area contributed by atoms with Gasteiger partial charge < -0.3 is 15.2 Å². The Balaban J connectivity index is 0.992. The van der Waals surface area contributed by atoms with Gasteiger partial charge in [-0.15, -0.1) is 0 Å². The number of benzene rings is 4. The number of fused-ring (bicyclic) bond motifs is 3. The Labute approximate surface area is 256 Å². The average Bonchev–Trinajstić information content (AvgIpc) is 3.32. The summed E-state index contributed by atoms with van der Waals surface area (Å²) in [6.07, 6.45) is 3.51. The summed E-state index contributed by atoms with van der Waals surface area (Å²) in [6.45, 7) is 4.22. The minimum Gasteiger partial charge on any atom is -0.497 e. The zero-order valence-corrected chi connectivity index (χ0v) is 24.6. The second-order valence-corrected chi connectivity index (χ2v) is 12.1. The highest BCUT2D eigenvalue weighted by Crippen LogP contribution is 2.51. The number of nitrogens with zero attached hydrogens (tertiary/aromatic N) is 5. The molecule has 3 heterocycles. The van der Waals surface area contributed by atoms with Crippen LogP contribution in [-0.4, -0.2) is 56.6 Å². The highest BCUT2D eigenvalue weighted by Gasteiger charge is 2.54. The standard InChI is InChI=1S/C36H34N6O2/c1-44-29-10-4-24(5-11-29)18-42-35-13-9-28(14-27(35)16-39-42)40-36-30-15-26(8-12-34(30)37-22-38-36)25-6-2-23(3-7-25)17-41-19-31-32(20-41)33(31)21-43/h2-16,22,31-33,43H,17-21H2,1H3,(H,37,38,40). The minimum absolute atomic E-state index is 0.346. The predicted molar refractivity (Wildman–Crippen MR) is 173 cm³/mol. The number of hydrogen-bond acceptors (Lipinski definition) is 7. The molecule has 1 saturated heterocycles. The number of hydrogen-bond donors (Lipinski definition) is 2. The average molecular weight is 583 g/mol. The number of methoxy groups -OCH3 is 1. The molecule has 0 amide bonds. The predicted octanol–water partition coefficient (Wildman–Crippen LogP) is 6.12. The van der Waals surface area contributed by atoms with Crippen LogP contribution in [0.25, 0.3) is 32.9 Å². The molecule has 0 radical (unpaired) electrons. The molecule has 6 aromatic rings. The molecule has 1 aliphatic carbocycles. The van der Waals surface area contributed by atoms with E-state index < -0.39 is 0 Å². The molecule has 8 nitrogen and oxygen atoms in total. The van der Waals surface area contributed by atoms with Gasteiger partial charge in [-0.25, -0.2) is 9.97 Å². The van der Waals surface area contributed by atoms with E-state index in [-0.39, 0.29) is 0 Å². The first-order valence-electron chi connectivity index (χ1n) is 15.2. The van der Waals surface area contributed by atoms with Crippen LogP contribution in [-0.2, 0) is 13.1 Å². The molecule has 2 aliphatic rings. The highest BCUT2D eigenvalue weighted by atomic mass is 16.5. The number of aromatic nitrogens is 4. The van der Waals surface area contributed by atoms with E-state index in [1.165, 1.54) is 11.1 Å². The van der Waals surface area contributed by atoms with Crippen LogP contribution < -0.4 is 10.1 Å². The Morgan fingerprint density at radius 2 is 1.59 bits per heavy atom. The topological polar surface area (TPSA) is 88.3 Å².